The molecule has 0 aliphatic carbocycles. The number of carboxylic acids is 1. The van der Waals surface area contributed by atoms with Gasteiger partial charge in [-0.25, -0.2) is 0 Å². The molecule has 1 unspecified atom stereocenters. The van der Waals surface area contributed by atoms with Gasteiger partial charge >= 0.3 is 5.97 Å². The second-order valence-corrected chi connectivity index (χ2v) is 7.48. The van der Waals surface area contributed by atoms with Crippen molar-refractivity contribution in [3.63, 3.8) is 0 Å². The number of halogens is 3. The molecule has 114 valence electrons. The van der Waals surface area contributed by atoms with E-state index < -0.39 is 5.97 Å². The molecule has 0 radical (unpaired) electrons. The van der Waals surface area contributed by atoms with E-state index in [1.165, 1.54) is 0 Å². The minimum absolute atomic E-state index is 0.162. The predicted octanol–water partition coefficient (Wildman–Crippen LogP) is 3.32. The number of carbonyl (C=O) groups is 2. The Bertz CT molecular complexity index is 557. The van der Waals surface area contributed by atoms with Crippen LogP contribution in [0.1, 0.15) is 6.42 Å². The standard InChI is InChI=1S/C13H13Br3N2O3/c14-8-3-9(15)12(10(16)4-8)17-11(19)6-18-2-1-7(5-18)13(20)21/h3-4,7H,1-2,5-6H2,(H,17,19)(H,20,21). The first kappa shape index (κ1) is 16.9. The van der Waals surface area contributed by atoms with Crippen molar-refractivity contribution in [3.05, 3.63) is 25.6 Å². The zero-order valence-corrected chi connectivity index (χ0v) is 15.7. The SMILES string of the molecule is O=C(CN1CCC(C(=O)O)C1)Nc1c(Br)cc(Br)cc1Br. The second-order valence-electron chi connectivity index (χ2n) is 4.85. The molecule has 1 amide bonds. The molecule has 1 aromatic rings. The van der Waals surface area contributed by atoms with E-state index in [1.807, 2.05) is 17.0 Å². The fourth-order valence-electron chi connectivity index (χ4n) is 2.22. The van der Waals surface area contributed by atoms with E-state index in [0.29, 0.717) is 25.2 Å². The Hall–Kier alpha value is -0.440. The maximum absolute atomic E-state index is 12.1. The molecule has 0 aromatic heterocycles. The van der Waals surface area contributed by atoms with E-state index in [1.54, 1.807) is 0 Å². The van der Waals surface area contributed by atoms with Crippen LogP contribution in [0.15, 0.2) is 25.6 Å². The van der Waals surface area contributed by atoms with Crippen molar-refractivity contribution < 1.29 is 14.7 Å². The first-order valence-electron chi connectivity index (χ1n) is 6.26. The number of rotatable bonds is 4. The van der Waals surface area contributed by atoms with Gasteiger partial charge in [0, 0.05) is 20.0 Å². The van der Waals surface area contributed by atoms with Crippen molar-refractivity contribution in [1.29, 1.82) is 0 Å². The predicted molar refractivity (Wildman–Crippen MR) is 90.4 cm³/mol. The Morgan fingerprint density at radius 1 is 1.29 bits per heavy atom. The molecule has 2 N–H and O–H groups in total. The quantitative estimate of drug-likeness (QED) is 0.688. The third kappa shape index (κ3) is 4.51. The molecule has 21 heavy (non-hydrogen) atoms. The lowest BCUT2D eigenvalue weighted by Gasteiger charge is -2.16. The zero-order valence-electron chi connectivity index (χ0n) is 10.9. The van der Waals surface area contributed by atoms with Gasteiger partial charge in [0.05, 0.1) is 18.2 Å². The first-order chi connectivity index (χ1) is 9.86. The number of aliphatic carboxylic acids is 1. The van der Waals surface area contributed by atoms with Gasteiger partial charge in [0.1, 0.15) is 0 Å². The van der Waals surface area contributed by atoms with Crippen LogP contribution in [0.3, 0.4) is 0 Å². The Labute approximate surface area is 147 Å². The lowest BCUT2D eigenvalue weighted by Crippen LogP contribution is -2.32. The highest BCUT2D eigenvalue weighted by molar-refractivity contribution is 9.11. The van der Waals surface area contributed by atoms with Gasteiger partial charge in [0.25, 0.3) is 0 Å². The Balaban J connectivity index is 1.96. The number of likely N-dealkylation sites (tertiary alicyclic amines) is 1. The highest BCUT2D eigenvalue weighted by Crippen LogP contribution is 2.34. The molecule has 8 heteroatoms. The summed E-state index contributed by atoms with van der Waals surface area (Å²) >= 11 is 10.2. The number of carboxylic acid groups (broad SMARTS) is 1. The molecule has 1 atom stereocenters. The summed E-state index contributed by atoms with van der Waals surface area (Å²) in [7, 11) is 0. The van der Waals surface area contributed by atoms with Crippen molar-refractivity contribution >= 4 is 65.4 Å². The molecule has 1 heterocycles. The van der Waals surface area contributed by atoms with Gasteiger partial charge in [-0.2, -0.15) is 0 Å². The number of carbonyl (C=O) groups excluding carboxylic acids is 1. The minimum atomic E-state index is -0.795. The fraction of sp³-hybridized carbons (Fsp3) is 0.385. The lowest BCUT2D eigenvalue weighted by molar-refractivity contribution is -0.141. The summed E-state index contributed by atoms with van der Waals surface area (Å²) in [5.41, 5.74) is 0.664. The van der Waals surface area contributed by atoms with Crippen molar-refractivity contribution in [2.75, 3.05) is 25.0 Å². The maximum atomic E-state index is 12.1. The van der Waals surface area contributed by atoms with Gasteiger partial charge in [-0.1, -0.05) is 15.9 Å². The third-order valence-corrected chi connectivity index (χ3v) is 4.97. The largest absolute Gasteiger partial charge is 0.481 e. The first-order valence-corrected chi connectivity index (χ1v) is 8.64. The van der Waals surface area contributed by atoms with Gasteiger partial charge in [0.2, 0.25) is 5.91 Å². The highest BCUT2D eigenvalue weighted by Gasteiger charge is 2.29. The van der Waals surface area contributed by atoms with Crippen LogP contribution in [0.5, 0.6) is 0 Å². The number of benzene rings is 1. The van der Waals surface area contributed by atoms with Gasteiger partial charge < -0.3 is 10.4 Å². The van der Waals surface area contributed by atoms with Crippen molar-refractivity contribution in [2.45, 2.75) is 6.42 Å². The van der Waals surface area contributed by atoms with Crippen LogP contribution in [0, 0.1) is 5.92 Å². The van der Waals surface area contributed by atoms with E-state index in [2.05, 4.69) is 53.1 Å². The summed E-state index contributed by atoms with van der Waals surface area (Å²) in [5.74, 6) is -1.33. The molecule has 5 nitrogen and oxygen atoms in total. The summed E-state index contributed by atoms with van der Waals surface area (Å²) < 4.78 is 2.42. The van der Waals surface area contributed by atoms with Crippen LogP contribution in [0.2, 0.25) is 0 Å². The van der Waals surface area contributed by atoms with Gasteiger partial charge in [-0.15, -0.1) is 0 Å². The second kappa shape index (κ2) is 7.21. The molecule has 1 saturated heterocycles. The van der Waals surface area contributed by atoms with Gasteiger partial charge in [-0.05, 0) is 57.0 Å². The number of anilines is 1. The molecule has 1 fully saturated rings. The smallest absolute Gasteiger partial charge is 0.307 e. The maximum Gasteiger partial charge on any atom is 0.307 e. The molecule has 1 aromatic carbocycles. The van der Waals surface area contributed by atoms with Crippen LogP contribution in [0.4, 0.5) is 5.69 Å². The number of amides is 1. The van der Waals surface area contributed by atoms with Crippen LogP contribution in [-0.4, -0.2) is 41.5 Å². The molecule has 1 aliphatic heterocycles. The van der Waals surface area contributed by atoms with E-state index in [0.717, 1.165) is 13.4 Å². The highest BCUT2D eigenvalue weighted by atomic mass is 79.9. The number of hydrogen-bond acceptors (Lipinski definition) is 3. The minimum Gasteiger partial charge on any atom is -0.481 e. The molecule has 0 saturated carbocycles. The lowest BCUT2D eigenvalue weighted by atomic mass is 10.1. The summed E-state index contributed by atoms with van der Waals surface area (Å²) in [4.78, 5) is 24.8. The average Bonchev–Trinajstić information content (AvgIpc) is 2.82. The summed E-state index contributed by atoms with van der Waals surface area (Å²) in [6.45, 7) is 1.25. The number of hydrogen-bond donors (Lipinski definition) is 2. The van der Waals surface area contributed by atoms with Crippen molar-refractivity contribution in [3.8, 4) is 0 Å². The summed E-state index contributed by atoms with van der Waals surface area (Å²) in [6, 6.07) is 3.69. The molecule has 2 rings (SSSR count). The Morgan fingerprint density at radius 2 is 1.90 bits per heavy atom. The number of nitrogens with one attached hydrogen (secondary N) is 1. The Morgan fingerprint density at radius 3 is 2.43 bits per heavy atom. The molecule has 1 aliphatic rings. The summed E-state index contributed by atoms with van der Waals surface area (Å²) in [6.07, 6.45) is 0.592. The normalized spacial score (nSPS) is 18.7. The molecule has 0 spiro atoms. The van der Waals surface area contributed by atoms with Crippen molar-refractivity contribution in [1.82, 2.24) is 4.90 Å². The summed E-state index contributed by atoms with van der Waals surface area (Å²) in [5, 5.41) is 11.8. The van der Waals surface area contributed by atoms with Crippen LogP contribution in [-0.2, 0) is 9.59 Å². The Kier molecular flexibility index (Phi) is 5.81. The molecular formula is C13H13Br3N2O3. The monoisotopic (exact) mass is 482 g/mol. The van der Waals surface area contributed by atoms with Crippen LogP contribution < -0.4 is 5.32 Å². The van der Waals surface area contributed by atoms with Crippen LogP contribution >= 0.6 is 47.8 Å². The zero-order chi connectivity index (χ0) is 15.6. The van der Waals surface area contributed by atoms with Gasteiger partial charge in [0.15, 0.2) is 0 Å². The third-order valence-electron chi connectivity index (χ3n) is 3.26. The number of nitrogens with zero attached hydrogens (tertiary/aromatic N) is 1. The fourth-order valence-corrected chi connectivity index (χ4v) is 4.68. The van der Waals surface area contributed by atoms with E-state index >= 15 is 0 Å². The van der Waals surface area contributed by atoms with E-state index in [-0.39, 0.29) is 18.4 Å². The topological polar surface area (TPSA) is 69.6 Å². The average molecular weight is 485 g/mol. The van der Waals surface area contributed by atoms with Crippen LogP contribution in [0.25, 0.3) is 0 Å². The van der Waals surface area contributed by atoms with Gasteiger partial charge in [-0.3, -0.25) is 14.5 Å². The molecule has 0 bridgehead atoms. The van der Waals surface area contributed by atoms with E-state index in [4.69, 9.17) is 5.11 Å². The van der Waals surface area contributed by atoms with Crippen molar-refractivity contribution in [2.24, 2.45) is 5.92 Å². The van der Waals surface area contributed by atoms with E-state index in [9.17, 15) is 9.59 Å². The molecular weight excluding hydrogens is 472 g/mol.